The Morgan fingerprint density at radius 3 is 2.48 bits per heavy atom. The molecule has 0 aliphatic heterocycles. The number of rotatable bonds is 10. The van der Waals surface area contributed by atoms with E-state index in [4.69, 9.17) is 4.74 Å². The highest BCUT2D eigenvalue weighted by atomic mass is 19.1. The summed E-state index contributed by atoms with van der Waals surface area (Å²) in [6.07, 6.45) is 4.30. The predicted octanol–water partition coefficient (Wildman–Crippen LogP) is 2.46. The van der Waals surface area contributed by atoms with Crippen LogP contribution >= 0.6 is 0 Å². The van der Waals surface area contributed by atoms with Crippen molar-refractivity contribution in [3.8, 4) is 0 Å². The Morgan fingerprint density at radius 1 is 1.20 bits per heavy atom. The maximum atomic E-state index is 12.9. The summed E-state index contributed by atoms with van der Waals surface area (Å²) in [7, 11) is 0. The number of amides is 1. The highest BCUT2D eigenvalue weighted by Crippen LogP contribution is 2.06. The van der Waals surface area contributed by atoms with Crippen LogP contribution in [0.5, 0.6) is 0 Å². The first-order valence-corrected chi connectivity index (χ1v) is 7.97. The highest BCUT2D eigenvalue weighted by Gasteiger charge is 2.14. The number of halogens is 1. The number of Topliss-reactive ketones (excluding diaryl/α,β-unsaturated/α-hetero) is 1. The Morgan fingerprint density at radius 2 is 1.88 bits per heavy atom. The van der Waals surface area contributed by atoms with Crippen molar-refractivity contribution in [2.24, 2.45) is 0 Å². The summed E-state index contributed by atoms with van der Waals surface area (Å²) < 4.78 is 17.7. The van der Waals surface area contributed by atoms with E-state index in [1.54, 1.807) is 19.1 Å². The van der Waals surface area contributed by atoms with Crippen LogP contribution in [0.25, 0.3) is 0 Å². The van der Waals surface area contributed by atoms with E-state index in [1.165, 1.54) is 23.1 Å². The lowest BCUT2D eigenvalue weighted by molar-refractivity contribution is -0.137. The Balaban J connectivity index is 2.70. The van der Waals surface area contributed by atoms with Crippen molar-refractivity contribution in [1.82, 2.24) is 4.90 Å². The molecule has 0 unspecified atom stereocenters. The molecular formula is C19H22FNO4. The molecular weight excluding hydrogens is 325 g/mol. The number of ether oxygens (including phenoxy) is 1. The average molecular weight is 347 g/mol. The molecule has 0 aliphatic carbocycles. The SMILES string of the molecule is C=CCOC(=O)/C=C\C(=O)N(CCc1ccc(F)cc1)CC(=O)CC. The van der Waals surface area contributed by atoms with Crippen molar-refractivity contribution in [3.63, 3.8) is 0 Å². The van der Waals surface area contributed by atoms with E-state index in [1.807, 2.05) is 0 Å². The van der Waals surface area contributed by atoms with Gasteiger partial charge in [0.2, 0.25) is 5.91 Å². The zero-order valence-corrected chi connectivity index (χ0v) is 14.2. The van der Waals surface area contributed by atoms with Crippen molar-refractivity contribution in [2.75, 3.05) is 19.7 Å². The Hall–Kier alpha value is -2.76. The molecule has 134 valence electrons. The number of hydrogen-bond donors (Lipinski definition) is 0. The van der Waals surface area contributed by atoms with Gasteiger partial charge in [0.05, 0.1) is 6.54 Å². The summed E-state index contributed by atoms with van der Waals surface area (Å²) in [5.41, 5.74) is 0.845. The molecule has 5 nitrogen and oxygen atoms in total. The van der Waals surface area contributed by atoms with Crippen LogP contribution in [0.4, 0.5) is 4.39 Å². The number of hydrogen-bond acceptors (Lipinski definition) is 4. The third kappa shape index (κ3) is 8.06. The molecule has 0 spiro atoms. The molecule has 6 heteroatoms. The second-order valence-electron chi connectivity index (χ2n) is 5.28. The van der Waals surface area contributed by atoms with Crippen LogP contribution in [0.2, 0.25) is 0 Å². The number of benzene rings is 1. The topological polar surface area (TPSA) is 63.7 Å². The molecule has 0 saturated heterocycles. The van der Waals surface area contributed by atoms with Gasteiger partial charge in [-0.3, -0.25) is 9.59 Å². The summed E-state index contributed by atoms with van der Waals surface area (Å²) in [6.45, 7) is 5.43. The van der Waals surface area contributed by atoms with Crippen LogP contribution in [-0.4, -0.2) is 42.3 Å². The molecule has 1 aromatic rings. The zero-order valence-electron chi connectivity index (χ0n) is 14.2. The summed E-state index contributed by atoms with van der Waals surface area (Å²) in [6, 6.07) is 5.94. The lowest BCUT2D eigenvalue weighted by Gasteiger charge is -2.20. The predicted molar refractivity (Wildman–Crippen MR) is 92.3 cm³/mol. The van der Waals surface area contributed by atoms with Gasteiger partial charge in [0.25, 0.3) is 0 Å². The molecule has 0 radical (unpaired) electrons. The van der Waals surface area contributed by atoms with Crippen molar-refractivity contribution < 1.29 is 23.5 Å². The average Bonchev–Trinajstić information content (AvgIpc) is 2.62. The summed E-state index contributed by atoms with van der Waals surface area (Å²) >= 11 is 0. The van der Waals surface area contributed by atoms with Gasteiger partial charge in [-0.05, 0) is 24.1 Å². The maximum Gasteiger partial charge on any atom is 0.331 e. The largest absolute Gasteiger partial charge is 0.458 e. The molecule has 1 rings (SSSR count). The molecule has 25 heavy (non-hydrogen) atoms. The number of carbonyl (C=O) groups excluding carboxylic acids is 3. The van der Waals surface area contributed by atoms with E-state index >= 15 is 0 Å². The van der Waals surface area contributed by atoms with Gasteiger partial charge in [-0.25, -0.2) is 9.18 Å². The van der Waals surface area contributed by atoms with Crippen LogP contribution in [0.3, 0.4) is 0 Å². The molecule has 1 amide bonds. The first kappa shape index (κ1) is 20.3. The van der Waals surface area contributed by atoms with Gasteiger partial charge >= 0.3 is 5.97 Å². The fourth-order valence-corrected chi connectivity index (χ4v) is 1.94. The number of esters is 1. The van der Waals surface area contributed by atoms with Crippen molar-refractivity contribution in [1.29, 1.82) is 0 Å². The van der Waals surface area contributed by atoms with Gasteiger partial charge in [-0.15, -0.1) is 0 Å². The van der Waals surface area contributed by atoms with Gasteiger partial charge in [0.1, 0.15) is 12.4 Å². The third-order valence-electron chi connectivity index (χ3n) is 3.36. The van der Waals surface area contributed by atoms with Gasteiger partial charge in [0.15, 0.2) is 5.78 Å². The van der Waals surface area contributed by atoms with Gasteiger partial charge < -0.3 is 9.64 Å². The van der Waals surface area contributed by atoms with E-state index in [-0.39, 0.29) is 31.3 Å². The summed E-state index contributed by atoms with van der Waals surface area (Å²) in [5, 5.41) is 0. The minimum atomic E-state index is -0.659. The second-order valence-corrected chi connectivity index (χ2v) is 5.28. The molecule has 1 aromatic carbocycles. The van der Waals surface area contributed by atoms with Crippen molar-refractivity contribution in [3.05, 3.63) is 60.5 Å². The molecule has 0 saturated carbocycles. The molecule has 0 fully saturated rings. The van der Waals surface area contributed by atoms with Crippen LogP contribution in [0, 0.1) is 5.82 Å². The molecule has 0 atom stereocenters. The molecule has 0 bridgehead atoms. The van der Waals surface area contributed by atoms with E-state index in [2.05, 4.69) is 6.58 Å². The summed E-state index contributed by atoms with van der Waals surface area (Å²) in [5.74, 6) is -1.54. The van der Waals surface area contributed by atoms with Gasteiger partial charge in [0, 0.05) is 25.1 Å². The maximum absolute atomic E-state index is 12.9. The third-order valence-corrected chi connectivity index (χ3v) is 3.36. The fourth-order valence-electron chi connectivity index (χ4n) is 1.94. The standard InChI is InChI=1S/C19H22FNO4/c1-3-13-25-19(24)10-9-18(23)21(14-17(22)4-2)12-11-15-5-7-16(20)8-6-15/h3,5-10H,1,4,11-14H2,2H3/b10-9-. The fraction of sp³-hybridized carbons (Fsp3) is 0.316. The van der Waals surface area contributed by atoms with E-state index in [9.17, 15) is 18.8 Å². The van der Waals surface area contributed by atoms with Gasteiger partial charge in [-0.2, -0.15) is 0 Å². The Bertz CT molecular complexity index is 637. The van der Waals surface area contributed by atoms with Crippen LogP contribution < -0.4 is 0 Å². The van der Waals surface area contributed by atoms with E-state index in [0.29, 0.717) is 12.8 Å². The Kier molecular flexibility index (Phi) is 8.85. The van der Waals surface area contributed by atoms with Crippen molar-refractivity contribution >= 4 is 17.7 Å². The van der Waals surface area contributed by atoms with Crippen LogP contribution in [0.1, 0.15) is 18.9 Å². The lowest BCUT2D eigenvalue weighted by atomic mass is 10.1. The normalized spacial score (nSPS) is 10.5. The number of nitrogens with zero attached hydrogens (tertiary/aromatic N) is 1. The van der Waals surface area contributed by atoms with E-state index < -0.39 is 11.9 Å². The number of carbonyl (C=O) groups is 3. The molecule has 0 aromatic heterocycles. The quantitative estimate of drug-likeness (QED) is 0.370. The van der Waals surface area contributed by atoms with Crippen molar-refractivity contribution in [2.45, 2.75) is 19.8 Å². The monoisotopic (exact) mass is 347 g/mol. The molecule has 0 aliphatic rings. The number of ketones is 1. The second kappa shape index (κ2) is 10.9. The van der Waals surface area contributed by atoms with Gasteiger partial charge in [-0.1, -0.05) is 31.7 Å². The lowest BCUT2D eigenvalue weighted by Crippen LogP contribution is -2.36. The van der Waals surface area contributed by atoms with E-state index in [0.717, 1.165) is 17.7 Å². The zero-order chi connectivity index (χ0) is 18.7. The molecule has 0 heterocycles. The van der Waals surface area contributed by atoms with Crippen LogP contribution in [-0.2, 0) is 25.5 Å². The first-order valence-electron chi connectivity index (χ1n) is 7.97. The molecule has 0 N–H and O–H groups in total. The minimum Gasteiger partial charge on any atom is -0.458 e. The first-order chi connectivity index (χ1) is 12.0. The highest BCUT2D eigenvalue weighted by molar-refractivity contribution is 5.96. The minimum absolute atomic E-state index is 0.0391. The van der Waals surface area contributed by atoms with Crippen LogP contribution in [0.15, 0.2) is 49.1 Å². The Labute approximate surface area is 146 Å². The smallest absolute Gasteiger partial charge is 0.331 e. The summed E-state index contributed by atoms with van der Waals surface area (Å²) in [4.78, 5) is 36.7.